The lowest BCUT2D eigenvalue weighted by atomic mass is 10.2. The summed E-state index contributed by atoms with van der Waals surface area (Å²) in [6.07, 6.45) is 2.78. The molecule has 0 N–H and O–H groups in total. The van der Waals surface area contributed by atoms with Gasteiger partial charge in [0.25, 0.3) is 0 Å². The molecule has 0 spiro atoms. The Balaban J connectivity index is 2.63. The summed E-state index contributed by atoms with van der Waals surface area (Å²) < 4.78 is 16.0. The maximum absolute atomic E-state index is 13.3. The molecule has 0 fully saturated rings. The monoisotopic (exact) mass is 284 g/mol. The lowest BCUT2D eigenvalue weighted by Gasteiger charge is -2.04. The average molecular weight is 285 g/mol. The Kier molecular flexibility index (Phi) is 3.02. The van der Waals surface area contributed by atoms with Gasteiger partial charge in [-0.1, -0.05) is 13.8 Å². The average Bonchev–Trinajstić information content (AvgIpc) is 2.61. The van der Waals surface area contributed by atoms with E-state index in [1.165, 1.54) is 6.92 Å². The molecular formula is C12H14BrFN2. The number of rotatable bonds is 2. The lowest BCUT2D eigenvalue weighted by Crippen LogP contribution is -1.92. The predicted molar refractivity (Wildman–Crippen MR) is 66.5 cm³/mol. The van der Waals surface area contributed by atoms with Crippen LogP contribution in [0.3, 0.4) is 0 Å². The van der Waals surface area contributed by atoms with Gasteiger partial charge in [-0.15, -0.1) is 0 Å². The van der Waals surface area contributed by atoms with E-state index in [2.05, 4.69) is 34.8 Å². The smallest absolute Gasteiger partial charge is 0.151 e. The number of fused-ring (bicyclic) bond motifs is 1. The minimum absolute atomic E-state index is 0.373. The van der Waals surface area contributed by atoms with Crippen LogP contribution >= 0.6 is 15.9 Å². The van der Waals surface area contributed by atoms with Crippen LogP contribution in [-0.2, 0) is 0 Å². The van der Waals surface area contributed by atoms with Crippen LogP contribution in [0, 0.1) is 0 Å². The van der Waals surface area contributed by atoms with E-state index in [1.807, 2.05) is 10.6 Å². The molecule has 0 radical (unpaired) electrons. The summed E-state index contributed by atoms with van der Waals surface area (Å²) in [4.78, 5) is 4.51. The molecular weight excluding hydrogens is 271 g/mol. The fourth-order valence-corrected chi connectivity index (χ4v) is 2.15. The molecule has 2 aromatic heterocycles. The molecule has 1 atom stereocenters. The van der Waals surface area contributed by atoms with Crippen LogP contribution in [0.5, 0.6) is 0 Å². The molecule has 2 heterocycles. The predicted octanol–water partition coefficient (Wildman–Crippen LogP) is 4.25. The van der Waals surface area contributed by atoms with Crippen molar-refractivity contribution >= 4 is 21.6 Å². The van der Waals surface area contributed by atoms with Crippen molar-refractivity contribution in [2.24, 2.45) is 0 Å². The van der Waals surface area contributed by atoms with E-state index in [-0.39, 0.29) is 0 Å². The SMILES string of the molecule is CC(C)c1cn2cc(C(C)F)cc(Br)c2n1. The zero-order valence-corrected chi connectivity index (χ0v) is 11.1. The molecule has 2 rings (SSSR count). The summed E-state index contributed by atoms with van der Waals surface area (Å²) in [6.45, 7) is 5.72. The first-order valence-corrected chi connectivity index (χ1v) is 6.10. The molecule has 16 heavy (non-hydrogen) atoms. The first-order valence-electron chi connectivity index (χ1n) is 5.31. The molecule has 4 heteroatoms. The highest BCUT2D eigenvalue weighted by atomic mass is 79.9. The van der Waals surface area contributed by atoms with Crippen molar-refractivity contribution in [3.05, 3.63) is 34.2 Å². The molecule has 0 saturated carbocycles. The second-order valence-corrected chi connectivity index (χ2v) is 5.14. The Morgan fingerprint density at radius 3 is 2.56 bits per heavy atom. The minimum atomic E-state index is -0.967. The first kappa shape index (κ1) is 11.6. The number of hydrogen-bond acceptors (Lipinski definition) is 1. The van der Waals surface area contributed by atoms with Crippen LogP contribution in [-0.4, -0.2) is 9.38 Å². The van der Waals surface area contributed by atoms with E-state index in [4.69, 9.17) is 0 Å². The van der Waals surface area contributed by atoms with Gasteiger partial charge in [0.2, 0.25) is 0 Å². The van der Waals surface area contributed by atoms with Crippen LogP contribution < -0.4 is 0 Å². The maximum atomic E-state index is 13.3. The zero-order valence-electron chi connectivity index (χ0n) is 9.54. The molecule has 0 aliphatic heterocycles. The molecule has 0 aliphatic rings. The van der Waals surface area contributed by atoms with Gasteiger partial charge in [0.05, 0.1) is 10.2 Å². The third-order valence-corrected chi connectivity index (χ3v) is 3.18. The van der Waals surface area contributed by atoms with E-state index in [0.717, 1.165) is 15.8 Å². The largest absolute Gasteiger partial charge is 0.305 e. The van der Waals surface area contributed by atoms with Crippen LogP contribution in [0.1, 0.15) is 44.1 Å². The Morgan fingerprint density at radius 1 is 1.31 bits per heavy atom. The van der Waals surface area contributed by atoms with E-state index in [9.17, 15) is 4.39 Å². The number of imidazole rings is 1. The normalized spacial score (nSPS) is 13.6. The highest BCUT2D eigenvalue weighted by molar-refractivity contribution is 9.10. The summed E-state index contributed by atoms with van der Waals surface area (Å²) in [6, 6.07) is 1.79. The first-order chi connectivity index (χ1) is 7.49. The molecule has 0 aromatic carbocycles. The van der Waals surface area contributed by atoms with Crippen LogP contribution in [0.15, 0.2) is 22.9 Å². The highest BCUT2D eigenvalue weighted by Crippen LogP contribution is 2.26. The lowest BCUT2D eigenvalue weighted by molar-refractivity contribution is 0.373. The molecule has 1 unspecified atom stereocenters. The summed E-state index contributed by atoms with van der Waals surface area (Å²) in [5.74, 6) is 0.373. The number of pyridine rings is 1. The van der Waals surface area contributed by atoms with E-state index < -0.39 is 6.17 Å². The van der Waals surface area contributed by atoms with Gasteiger partial charge in [0, 0.05) is 18.0 Å². The van der Waals surface area contributed by atoms with Gasteiger partial charge in [-0.25, -0.2) is 9.37 Å². The van der Waals surface area contributed by atoms with Crippen molar-refractivity contribution in [2.45, 2.75) is 32.9 Å². The molecule has 2 nitrogen and oxygen atoms in total. The van der Waals surface area contributed by atoms with Crippen molar-refractivity contribution in [1.29, 1.82) is 0 Å². The fourth-order valence-electron chi connectivity index (χ4n) is 1.59. The van der Waals surface area contributed by atoms with Gasteiger partial charge in [-0.2, -0.15) is 0 Å². The zero-order chi connectivity index (χ0) is 11.9. The summed E-state index contributed by atoms with van der Waals surface area (Å²) in [5.41, 5.74) is 2.52. The standard InChI is InChI=1S/C12H14BrFN2/c1-7(2)11-6-16-5-9(8(3)14)4-10(13)12(16)15-11/h4-8H,1-3H3. The summed E-state index contributed by atoms with van der Waals surface area (Å²) in [7, 11) is 0. The molecule has 2 aromatic rings. The van der Waals surface area contributed by atoms with Crippen LogP contribution in [0.2, 0.25) is 0 Å². The Hall–Kier alpha value is -0.900. The number of aromatic nitrogens is 2. The van der Waals surface area contributed by atoms with Crippen LogP contribution in [0.4, 0.5) is 4.39 Å². The number of nitrogens with zero attached hydrogens (tertiary/aromatic N) is 2. The van der Waals surface area contributed by atoms with Gasteiger partial charge >= 0.3 is 0 Å². The Bertz CT molecular complexity index is 517. The second-order valence-electron chi connectivity index (χ2n) is 4.29. The molecule has 0 bridgehead atoms. The third kappa shape index (κ3) is 1.98. The van der Waals surface area contributed by atoms with Crippen molar-refractivity contribution < 1.29 is 4.39 Å². The summed E-state index contributed by atoms with van der Waals surface area (Å²) in [5, 5.41) is 0. The van der Waals surface area contributed by atoms with E-state index >= 15 is 0 Å². The molecule has 86 valence electrons. The maximum Gasteiger partial charge on any atom is 0.151 e. The van der Waals surface area contributed by atoms with E-state index in [1.54, 1.807) is 12.3 Å². The van der Waals surface area contributed by atoms with E-state index in [0.29, 0.717) is 11.5 Å². The second kappa shape index (κ2) is 4.17. The van der Waals surface area contributed by atoms with Gasteiger partial charge in [-0.3, -0.25) is 0 Å². The summed E-state index contributed by atoms with van der Waals surface area (Å²) >= 11 is 3.43. The molecule has 0 aliphatic carbocycles. The Labute approximate surface area is 103 Å². The van der Waals surface area contributed by atoms with Gasteiger partial charge in [0.1, 0.15) is 6.17 Å². The fraction of sp³-hybridized carbons (Fsp3) is 0.417. The number of alkyl halides is 1. The van der Waals surface area contributed by atoms with Crippen molar-refractivity contribution in [3.8, 4) is 0 Å². The van der Waals surface area contributed by atoms with Gasteiger partial charge < -0.3 is 4.40 Å². The topological polar surface area (TPSA) is 17.3 Å². The number of halogens is 2. The highest BCUT2D eigenvalue weighted by Gasteiger charge is 2.11. The third-order valence-electron chi connectivity index (χ3n) is 2.60. The quantitative estimate of drug-likeness (QED) is 0.806. The van der Waals surface area contributed by atoms with Gasteiger partial charge in [-0.05, 0) is 34.8 Å². The Morgan fingerprint density at radius 2 is 2.00 bits per heavy atom. The molecule has 0 saturated heterocycles. The van der Waals surface area contributed by atoms with Gasteiger partial charge in [0.15, 0.2) is 5.65 Å². The van der Waals surface area contributed by atoms with Crippen molar-refractivity contribution in [2.75, 3.05) is 0 Å². The molecule has 0 amide bonds. The van der Waals surface area contributed by atoms with Crippen molar-refractivity contribution in [3.63, 3.8) is 0 Å². The van der Waals surface area contributed by atoms with Crippen LogP contribution in [0.25, 0.3) is 5.65 Å². The number of hydrogen-bond donors (Lipinski definition) is 0. The van der Waals surface area contributed by atoms with Crippen molar-refractivity contribution in [1.82, 2.24) is 9.38 Å². The minimum Gasteiger partial charge on any atom is -0.305 e.